The molecule has 0 aliphatic rings. The molecule has 0 aliphatic heterocycles. The molecule has 7 heteroatoms. The minimum absolute atomic E-state index is 0.0202. The largest absolute Gasteiger partial charge is 0.417 e. The number of ketones is 1. The molecular formula is C23H18F3NO3. The summed E-state index contributed by atoms with van der Waals surface area (Å²) in [4.78, 5) is 23.7. The molecule has 0 heterocycles. The van der Waals surface area contributed by atoms with Gasteiger partial charge >= 0.3 is 12.3 Å². The summed E-state index contributed by atoms with van der Waals surface area (Å²) in [5, 5.41) is 2.28. The van der Waals surface area contributed by atoms with Crippen LogP contribution in [-0.4, -0.2) is 11.9 Å². The van der Waals surface area contributed by atoms with Gasteiger partial charge in [-0.3, -0.25) is 10.1 Å². The molecule has 0 unspecified atom stereocenters. The summed E-state index contributed by atoms with van der Waals surface area (Å²) in [5.41, 5.74) is 1.51. The molecule has 1 N–H and O–H groups in total. The number of benzene rings is 3. The van der Waals surface area contributed by atoms with Crippen LogP contribution in [0.4, 0.5) is 23.7 Å². The van der Waals surface area contributed by atoms with E-state index in [1.54, 1.807) is 43.3 Å². The first kappa shape index (κ1) is 21.1. The lowest BCUT2D eigenvalue weighted by Gasteiger charge is -2.10. The molecular weight excluding hydrogens is 395 g/mol. The molecule has 3 aromatic rings. The van der Waals surface area contributed by atoms with E-state index in [1.165, 1.54) is 12.1 Å². The quantitative estimate of drug-likeness (QED) is 0.481. The van der Waals surface area contributed by atoms with Crippen molar-refractivity contribution >= 4 is 17.6 Å². The van der Waals surface area contributed by atoms with Gasteiger partial charge in [0, 0.05) is 17.7 Å². The predicted molar refractivity (Wildman–Crippen MR) is 108 cm³/mol. The Morgan fingerprint density at radius 3 is 2.07 bits per heavy atom. The van der Waals surface area contributed by atoms with Crippen molar-refractivity contribution < 1.29 is 27.5 Å². The molecule has 0 spiro atoms. The summed E-state index contributed by atoms with van der Waals surface area (Å²) < 4.78 is 43.4. The van der Waals surface area contributed by atoms with Crippen molar-refractivity contribution in [3.63, 3.8) is 0 Å². The Balaban J connectivity index is 1.64. The van der Waals surface area contributed by atoms with Crippen LogP contribution in [0.15, 0.2) is 72.8 Å². The Morgan fingerprint density at radius 2 is 1.50 bits per heavy atom. The number of nitrogens with one attached hydrogen (secondary N) is 1. The van der Waals surface area contributed by atoms with Crippen molar-refractivity contribution in [3.8, 4) is 16.9 Å². The van der Waals surface area contributed by atoms with Crippen LogP contribution >= 0.6 is 0 Å². The van der Waals surface area contributed by atoms with E-state index in [0.29, 0.717) is 12.0 Å². The highest BCUT2D eigenvalue weighted by Crippen LogP contribution is 2.30. The average molecular weight is 413 g/mol. The van der Waals surface area contributed by atoms with Gasteiger partial charge in [-0.1, -0.05) is 49.4 Å². The lowest BCUT2D eigenvalue weighted by molar-refractivity contribution is -0.137. The van der Waals surface area contributed by atoms with Crippen LogP contribution in [0, 0.1) is 0 Å². The molecule has 3 rings (SSSR count). The monoisotopic (exact) mass is 413 g/mol. The van der Waals surface area contributed by atoms with Crippen LogP contribution in [0.3, 0.4) is 0 Å². The molecule has 3 aromatic carbocycles. The van der Waals surface area contributed by atoms with Gasteiger partial charge in [0.25, 0.3) is 0 Å². The number of rotatable bonds is 5. The summed E-state index contributed by atoms with van der Waals surface area (Å²) in [7, 11) is 0. The molecule has 0 fully saturated rings. The molecule has 0 aromatic heterocycles. The molecule has 0 radical (unpaired) electrons. The molecule has 4 nitrogen and oxygen atoms in total. The van der Waals surface area contributed by atoms with E-state index >= 15 is 0 Å². The van der Waals surface area contributed by atoms with Crippen LogP contribution in [-0.2, 0) is 6.18 Å². The van der Waals surface area contributed by atoms with Crippen LogP contribution in [0.5, 0.6) is 5.75 Å². The minimum Gasteiger partial charge on any atom is -0.410 e. The Bertz CT molecular complexity index is 1040. The number of halogens is 3. The Labute approximate surface area is 171 Å². The zero-order valence-electron chi connectivity index (χ0n) is 16.0. The van der Waals surface area contributed by atoms with Crippen LogP contribution in [0.25, 0.3) is 11.1 Å². The second-order valence-corrected chi connectivity index (χ2v) is 6.47. The summed E-state index contributed by atoms with van der Waals surface area (Å²) in [6.07, 6.45) is -4.96. The second kappa shape index (κ2) is 8.82. The number of ether oxygens (including phenoxy) is 1. The number of hydrogen-bond donors (Lipinski definition) is 1. The number of amides is 1. The van der Waals surface area contributed by atoms with Crippen LogP contribution < -0.4 is 10.1 Å². The zero-order chi connectivity index (χ0) is 21.7. The number of alkyl halides is 3. The topological polar surface area (TPSA) is 55.4 Å². The van der Waals surface area contributed by atoms with Crippen LogP contribution in [0.2, 0.25) is 0 Å². The second-order valence-electron chi connectivity index (χ2n) is 6.47. The Hall–Kier alpha value is -3.61. The van der Waals surface area contributed by atoms with Crippen molar-refractivity contribution in [1.82, 2.24) is 0 Å². The molecule has 30 heavy (non-hydrogen) atoms. The predicted octanol–water partition coefficient (Wildman–Crippen LogP) is 6.58. The highest BCUT2D eigenvalue weighted by molar-refractivity contribution is 5.96. The van der Waals surface area contributed by atoms with E-state index in [2.05, 4.69) is 5.32 Å². The fraction of sp³-hybridized carbons (Fsp3) is 0.130. The van der Waals surface area contributed by atoms with Crippen molar-refractivity contribution in [1.29, 1.82) is 0 Å². The van der Waals surface area contributed by atoms with Gasteiger partial charge in [0.15, 0.2) is 5.78 Å². The highest BCUT2D eigenvalue weighted by atomic mass is 19.4. The standard InChI is InChI=1S/C23H18F3NO3/c1-2-21(28)17-8-6-15(7-9-17)16-10-12-20(13-11-16)30-22(29)27-19-5-3-4-18(14-19)23(24,25)26/h3-14H,2H2,1H3,(H,27,29). The zero-order valence-corrected chi connectivity index (χ0v) is 16.0. The average Bonchev–Trinajstić information content (AvgIpc) is 2.73. The number of hydrogen-bond acceptors (Lipinski definition) is 3. The molecule has 154 valence electrons. The smallest absolute Gasteiger partial charge is 0.410 e. The summed E-state index contributed by atoms with van der Waals surface area (Å²) in [6, 6.07) is 18.1. The Kier molecular flexibility index (Phi) is 6.20. The molecule has 0 aliphatic carbocycles. The summed E-state index contributed by atoms with van der Waals surface area (Å²) in [5.74, 6) is 0.304. The molecule has 0 bridgehead atoms. The minimum atomic E-state index is -4.50. The Morgan fingerprint density at radius 1 is 0.900 bits per heavy atom. The third-order valence-electron chi connectivity index (χ3n) is 4.36. The fourth-order valence-electron chi connectivity index (χ4n) is 2.79. The number of anilines is 1. The van der Waals surface area contributed by atoms with E-state index < -0.39 is 17.8 Å². The lowest BCUT2D eigenvalue weighted by atomic mass is 10.0. The third kappa shape index (κ3) is 5.26. The first-order chi connectivity index (χ1) is 14.3. The maximum Gasteiger partial charge on any atom is 0.417 e. The molecule has 1 amide bonds. The van der Waals surface area contributed by atoms with Crippen molar-refractivity contribution in [2.45, 2.75) is 19.5 Å². The van der Waals surface area contributed by atoms with Gasteiger partial charge in [-0.25, -0.2) is 4.79 Å². The number of carbonyl (C=O) groups excluding carboxylic acids is 2. The first-order valence-electron chi connectivity index (χ1n) is 9.16. The van der Waals surface area contributed by atoms with E-state index in [-0.39, 0.29) is 17.2 Å². The van der Waals surface area contributed by atoms with Gasteiger partial charge in [0.05, 0.1) is 5.56 Å². The molecule has 0 atom stereocenters. The highest BCUT2D eigenvalue weighted by Gasteiger charge is 2.30. The van der Waals surface area contributed by atoms with Crippen LogP contribution in [0.1, 0.15) is 29.3 Å². The third-order valence-corrected chi connectivity index (χ3v) is 4.36. The molecule has 0 saturated carbocycles. The molecule has 0 saturated heterocycles. The lowest BCUT2D eigenvalue weighted by Crippen LogP contribution is -2.17. The normalized spacial score (nSPS) is 11.1. The maximum absolute atomic E-state index is 12.7. The van der Waals surface area contributed by atoms with Crippen molar-refractivity contribution in [2.75, 3.05) is 5.32 Å². The van der Waals surface area contributed by atoms with Gasteiger partial charge in [-0.15, -0.1) is 0 Å². The number of Topliss-reactive ketones (excluding diaryl/α,β-unsaturated/α-hetero) is 1. The van der Waals surface area contributed by atoms with Gasteiger partial charge in [0.1, 0.15) is 5.75 Å². The van der Waals surface area contributed by atoms with Gasteiger partial charge in [-0.2, -0.15) is 13.2 Å². The van der Waals surface area contributed by atoms with E-state index in [1.807, 2.05) is 12.1 Å². The SMILES string of the molecule is CCC(=O)c1ccc(-c2ccc(OC(=O)Nc3cccc(C(F)(F)F)c3)cc2)cc1. The van der Waals surface area contributed by atoms with Crippen molar-refractivity contribution in [2.24, 2.45) is 0 Å². The fourth-order valence-corrected chi connectivity index (χ4v) is 2.79. The van der Waals surface area contributed by atoms with Gasteiger partial charge in [-0.05, 0) is 41.5 Å². The van der Waals surface area contributed by atoms with Crippen molar-refractivity contribution in [3.05, 3.63) is 83.9 Å². The van der Waals surface area contributed by atoms with Gasteiger partial charge in [0.2, 0.25) is 0 Å². The summed E-state index contributed by atoms with van der Waals surface area (Å²) in [6.45, 7) is 1.80. The number of carbonyl (C=O) groups is 2. The van der Waals surface area contributed by atoms with E-state index in [4.69, 9.17) is 4.74 Å². The maximum atomic E-state index is 12.7. The van der Waals surface area contributed by atoms with Gasteiger partial charge < -0.3 is 4.74 Å². The van der Waals surface area contributed by atoms with E-state index in [0.717, 1.165) is 23.3 Å². The summed E-state index contributed by atoms with van der Waals surface area (Å²) >= 11 is 0. The first-order valence-corrected chi connectivity index (χ1v) is 9.16. The van der Waals surface area contributed by atoms with E-state index in [9.17, 15) is 22.8 Å².